The lowest BCUT2D eigenvalue weighted by molar-refractivity contribution is 0.181. The number of nitrogens with one attached hydrogen (secondary N) is 1. The first kappa shape index (κ1) is 16.6. The summed E-state index contributed by atoms with van der Waals surface area (Å²) in [5, 5.41) is 3.38. The fraction of sp³-hybridized carbons (Fsp3) is 0.467. The van der Waals surface area contributed by atoms with Crippen LogP contribution in [0, 0.1) is 3.57 Å². The number of nitrogens with zero attached hydrogens (tertiary/aromatic N) is 2. The normalized spacial score (nSPS) is 10.9. The number of hydrogen-bond acceptors (Lipinski definition) is 5. The third-order valence-electron chi connectivity index (χ3n) is 2.97. The molecule has 2 aromatic heterocycles. The Kier molecular flexibility index (Phi) is 6.38. The van der Waals surface area contributed by atoms with Crippen molar-refractivity contribution in [2.75, 3.05) is 19.0 Å². The number of aromatic nitrogens is 2. The van der Waals surface area contributed by atoms with E-state index in [1.54, 1.807) is 18.4 Å². The molecule has 0 fully saturated rings. The molecule has 114 valence electrons. The fourth-order valence-electron chi connectivity index (χ4n) is 1.88. The summed E-state index contributed by atoms with van der Waals surface area (Å²) < 4.78 is 6.31. The summed E-state index contributed by atoms with van der Waals surface area (Å²) in [5.74, 6) is 1.69. The van der Waals surface area contributed by atoms with Crippen LogP contribution in [0.1, 0.15) is 30.8 Å². The molecule has 0 saturated carbocycles. The Hall–Kier alpha value is -0.730. The molecule has 0 unspecified atom stereocenters. The molecule has 1 N–H and O–H groups in total. The lowest BCUT2D eigenvalue weighted by Crippen LogP contribution is -2.09. The Morgan fingerprint density at radius 2 is 2.10 bits per heavy atom. The van der Waals surface area contributed by atoms with Gasteiger partial charge in [-0.2, -0.15) is 0 Å². The minimum atomic E-state index is 0.501. The second-order valence-electron chi connectivity index (χ2n) is 4.64. The maximum atomic E-state index is 5.27. The molecular formula is C15H20IN3OS. The van der Waals surface area contributed by atoms with Gasteiger partial charge in [0, 0.05) is 18.5 Å². The highest BCUT2D eigenvalue weighted by atomic mass is 127. The van der Waals surface area contributed by atoms with Gasteiger partial charge in [-0.15, -0.1) is 11.3 Å². The third kappa shape index (κ3) is 4.14. The summed E-state index contributed by atoms with van der Waals surface area (Å²) in [7, 11) is 1.69. The highest BCUT2D eigenvalue weighted by molar-refractivity contribution is 14.1. The van der Waals surface area contributed by atoms with E-state index >= 15 is 0 Å². The molecule has 0 spiro atoms. The van der Waals surface area contributed by atoms with E-state index < -0.39 is 0 Å². The van der Waals surface area contributed by atoms with Crippen molar-refractivity contribution in [1.29, 1.82) is 0 Å². The molecule has 0 radical (unpaired) electrons. The van der Waals surface area contributed by atoms with Crippen molar-refractivity contribution in [2.24, 2.45) is 0 Å². The molecule has 0 bridgehead atoms. The van der Waals surface area contributed by atoms with Gasteiger partial charge in [-0.25, -0.2) is 9.97 Å². The van der Waals surface area contributed by atoms with Crippen molar-refractivity contribution in [2.45, 2.75) is 33.3 Å². The molecule has 0 aromatic carbocycles. The van der Waals surface area contributed by atoms with Crippen LogP contribution in [0.3, 0.4) is 0 Å². The first-order valence-electron chi connectivity index (χ1n) is 7.07. The highest BCUT2D eigenvalue weighted by Gasteiger charge is 2.14. The van der Waals surface area contributed by atoms with Gasteiger partial charge < -0.3 is 10.1 Å². The molecule has 21 heavy (non-hydrogen) atoms. The minimum absolute atomic E-state index is 0.501. The Bertz CT molecular complexity index is 601. The molecule has 0 atom stereocenters. The van der Waals surface area contributed by atoms with Crippen LogP contribution in [0.25, 0.3) is 10.7 Å². The van der Waals surface area contributed by atoms with Crippen LogP contribution in [0.15, 0.2) is 12.1 Å². The predicted octanol–water partition coefficient (Wildman–Crippen LogP) is 4.34. The molecule has 2 aromatic rings. The largest absolute Gasteiger partial charge is 0.378 e. The summed E-state index contributed by atoms with van der Waals surface area (Å²) in [6, 6.07) is 4.25. The molecule has 0 aliphatic heterocycles. The zero-order valence-corrected chi connectivity index (χ0v) is 15.5. The summed E-state index contributed by atoms with van der Waals surface area (Å²) >= 11 is 4.04. The van der Waals surface area contributed by atoms with E-state index in [2.05, 4.69) is 58.9 Å². The molecule has 0 aliphatic carbocycles. The van der Waals surface area contributed by atoms with Crippen LogP contribution < -0.4 is 5.32 Å². The number of thiophene rings is 1. The van der Waals surface area contributed by atoms with E-state index in [0.29, 0.717) is 6.61 Å². The first-order chi connectivity index (χ1) is 10.2. The maximum absolute atomic E-state index is 5.27. The second kappa shape index (κ2) is 8.05. The van der Waals surface area contributed by atoms with E-state index in [1.807, 2.05) is 0 Å². The molecule has 0 saturated heterocycles. The fourth-order valence-corrected chi connectivity index (χ4v) is 3.35. The van der Waals surface area contributed by atoms with Crippen molar-refractivity contribution in [1.82, 2.24) is 9.97 Å². The second-order valence-corrected chi connectivity index (χ2v) is 6.88. The van der Waals surface area contributed by atoms with Gasteiger partial charge in [0.05, 0.1) is 20.7 Å². The van der Waals surface area contributed by atoms with Gasteiger partial charge in [-0.1, -0.05) is 13.8 Å². The molecule has 2 rings (SSSR count). The Morgan fingerprint density at radius 1 is 1.29 bits per heavy atom. The standard InChI is InChI=1S/C15H20IN3OS/c1-4-8-17-15-13(16)11(9-20-3)18-14(19-15)12-7-6-10(5-2)21-12/h6-7H,4-5,8-9H2,1-3H3,(H,17,18,19). The monoisotopic (exact) mass is 417 g/mol. The molecule has 0 amide bonds. The van der Waals surface area contributed by atoms with Gasteiger partial charge in [0.25, 0.3) is 0 Å². The van der Waals surface area contributed by atoms with Crippen molar-refractivity contribution < 1.29 is 4.74 Å². The Balaban J connectivity index is 2.41. The summed E-state index contributed by atoms with van der Waals surface area (Å²) in [6.07, 6.45) is 2.11. The van der Waals surface area contributed by atoms with Gasteiger partial charge in [0.2, 0.25) is 0 Å². The van der Waals surface area contributed by atoms with Crippen LogP contribution in [0.2, 0.25) is 0 Å². The van der Waals surface area contributed by atoms with Gasteiger partial charge in [-0.05, 0) is 47.6 Å². The van der Waals surface area contributed by atoms with Gasteiger partial charge >= 0.3 is 0 Å². The highest BCUT2D eigenvalue weighted by Crippen LogP contribution is 2.29. The first-order valence-corrected chi connectivity index (χ1v) is 8.97. The molecule has 4 nitrogen and oxygen atoms in total. The average molecular weight is 417 g/mol. The summed E-state index contributed by atoms with van der Waals surface area (Å²) in [5.41, 5.74) is 0.938. The quantitative estimate of drug-likeness (QED) is 0.681. The minimum Gasteiger partial charge on any atom is -0.378 e. The number of aryl methyl sites for hydroxylation is 1. The van der Waals surface area contributed by atoms with E-state index in [4.69, 9.17) is 9.72 Å². The van der Waals surface area contributed by atoms with Crippen molar-refractivity contribution >= 4 is 39.7 Å². The number of ether oxygens (including phenoxy) is 1. The zero-order chi connectivity index (χ0) is 15.2. The zero-order valence-electron chi connectivity index (χ0n) is 12.6. The van der Waals surface area contributed by atoms with Crippen molar-refractivity contribution in [3.8, 4) is 10.7 Å². The van der Waals surface area contributed by atoms with Crippen LogP contribution >= 0.6 is 33.9 Å². The van der Waals surface area contributed by atoms with Gasteiger partial charge in [0.1, 0.15) is 5.82 Å². The number of anilines is 1. The number of halogens is 1. The molecule has 2 heterocycles. The van der Waals surface area contributed by atoms with E-state index in [0.717, 1.165) is 45.2 Å². The lowest BCUT2D eigenvalue weighted by Gasteiger charge is -2.11. The predicted molar refractivity (Wildman–Crippen MR) is 96.9 cm³/mol. The summed E-state index contributed by atoms with van der Waals surface area (Å²) in [4.78, 5) is 11.8. The lowest BCUT2D eigenvalue weighted by atomic mass is 10.3. The Labute approximate surface area is 143 Å². The number of hydrogen-bond donors (Lipinski definition) is 1. The smallest absolute Gasteiger partial charge is 0.172 e. The Morgan fingerprint density at radius 3 is 2.71 bits per heavy atom. The van der Waals surface area contributed by atoms with Crippen LogP contribution in [0.5, 0.6) is 0 Å². The average Bonchev–Trinajstić information content (AvgIpc) is 2.97. The van der Waals surface area contributed by atoms with E-state index in [-0.39, 0.29) is 0 Å². The van der Waals surface area contributed by atoms with Crippen LogP contribution in [-0.4, -0.2) is 23.6 Å². The number of rotatable bonds is 7. The van der Waals surface area contributed by atoms with Gasteiger partial charge in [0.15, 0.2) is 5.82 Å². The maximum Gasteiger partial charge on any atom is 0.172 e. The summed E-state index contributed by atoms with van der Waals surface area (Å²) in [6.45, 7) is 5.71. The molecule has 0 aliphatic rings. The van der Waals surface area contributed by atoms with Gasteiger partial charge in [-0.3, -0.25) is 0 Å². The topological polar surface area (TPSA) is 47.0 Å². The van der Waals surface area contributed by atoms with Crippen molar-refractivity contribution in [3.63, 3.8) is 0 Å². The number of methoxy groups -OCH3 is 1. The van der Waals surface area contributed by atoms with Crippen LogP contribution in [0.4, 0.5) is 5.82 Å². The SMILES string of the molecule is CCCNc1nc(-c2ccc(CC)s2)nc(COC)c1I. The van der Waals surface area contributed by atoms with E-state index in [9.17, 15) is 0 Å². The third-order valence-corrected chi connectivity index (χ3v) is 5.33. The molecule has 6 heteroatoms. The van der Waals surface area contributed by atoms with Crippen LogP contribution in [-0.2, 0) is 17.8 Å². The molecular weight excluding hydrogens is 397 g/mol. The van der Waals surface area contributed by atoms with E-state index in [1.165, 1.54) is 4.88 Å². The van der Waals surface area contributed by atoms with Crippen molar-refractivity contribution in [3.05, 3.63) is 26.3 Å².